The normalized spacial score (nSPS) is 23.0. The number of carbonyl (C=O) groups excluding carboxylic acids is 1. The monoisotopic (exact) mass is 455 g/mol. The molecule has 1 aromatic carbocycles. The second kappa shape index (κ2) is 9.25. The maximum absolute atomic E-state index is 12.8. The Bertz CT molecular complexity index is 1020. The second-order valence-electron chi connectivity index (χ2n) is 7.46. The summed E-state index contributed by atoms with van der Waals surface area (Å²) in [7, 11) is -0.644. The molecule has 0 spiro atoms. The Labute approximate surface area is 179 Å². The van der Waals surface area contributed by atoms with Crippen molar-refractivity contribution >= 4 is 49.9 Å². The van der Waals surface area contributed by atoms with Crippen LogP contribution in [-0.4, -0.2) is 79.3 Å². The van der Waals surface area contributed by atoms with Crippen LogP contribution in [0.3, 0.4) is 0 Å². The van der Waals surface area contributed by atoms with E-state index in [0.29, 0.717) is 17.3 Å². The van der Waals surface area contributed by atoms with Gasteiger partial charge in [0.25, 0.3) is 12.4 Å². The molecule has 12 heteroatoms. The van der Waals surface area contributed by atoms with E-state index in [1.54, 1.807) is 18.2 Å². The third-order valence-electron chi connectivity index (χ3n) is 5.39. The molecule has 1 amide bonds. The SMILES string of the molecule is CN(C)S(=O)(=O)Nc1ccc2c(C(=O)N[C@@H]3CN4CCC3CC4)nsc2c1.O=CO. The van der Waals surface area contributed by atoms with E-state index in [1.165, 1.54) is 25.6 Å². The fraction of sp³-hybridized carbons (Fsp3) is 0.500. The van der Waals surface area contributed by atoms with Gasteiger partial charge in [0.2, 0.25) is 0 Å². The third-order valence-corrected chi connectivity index (χ3v) is 7.65. The summed E-state index contributed by atoms with van der Waals surface area (Å²) in [6, 6.07) is 5.29. The summed E-state index contributed by atoms with van der Waals surface area (Å²) >= 11 is 1.20. The molecule has 164 valence electrons. The van der Waals surface area contributed by atoms with E-state index < -0.39 is 10.2 Å². The Morgan fingerprint density at radius 2 is 2.00 bits per heavy atom. The first kappa shape index (κ1) is 22.4. The number of carboxylic acid groups (broad SMARTS) is 1. The lowest BCUT2D eigenvalue weighted by Gasteiger charge is -2.44. The first-order valence-electron chi connectivity index (χ1n) is 9.46. The molecular formula is C18H25N5O5S2. The molecule has 1 aromatic heterocycles. The van der Waals surface area contributed by atoms with Crippen LogP contribution in [0.1, 0.15) is 23.3 Å². The van der Waals surface area contributed by atoms with Gasteiger partial charge in [0.05, 0.1) is 10.4 Å². The van der Waals surface area contributed by atoms with E-state index in [0.717, 1.165) is 46.9 Å². The van der Waals surface area contributed by atoms with Crippen LogP contribution < -0.4 is 10.0 Å². The van der Waals surface area contributed by atoms with Gasteiger partial charge in [-0.2, -0.15) is 17.1 Å². The van der Waals surface area contributed by atoms with Crippen LogP contribution in [0.4, 0.5) is 5.69 Å². The smallest absolute Gasteiger partial charge is 0.301 e. The molecule has 0 aliphatic carbocycles. The maximum Gasteiger partial charge on any atom is 0.301 e. The zero-order chi connectivity index (χ0) is 21.9. The lowest BCUT2D eigenvalue weighted by Crippen LogP contribution is -2.57. The topological polar surface area (TPSA) is 132 Å². The van der Waals surface area contributed by atoms with Crippen molar-refractivity contribution < 1.29 is 23.1 Å². The number of fused-ring (bicyclic) bond motifs is 4. The van der Waals surface area contributed by atoms with Crippen LogP contribution in [0, 0.1) is 5.92 Å². The number of aromatic nitrogens is 1. The summed E-state index contributed by atoms with van der Waals surface area (Å²) in [5.41, 5.74) is 0.859. The van der Waals surface area contributed by atoms with E-state index >= 15 is 0 Å². The van der Waals surface area contributed by atoms with Crippen LogP contribution in [0.5, 0.6) is 0 Å². The minimum absolute atomic E-state index is 0.151. The summed E-state index contributed by atoms with van der Waals surface area (Å²) in [4.78, 5) is 23.5. The van der Waals surface area contributed by atoms with Gasteiger partial charge in [-0.25, -0.2) is 0 Å². The predicted octanol–water partition coefficient (Wildman–Crippen LogP) is 1.04. The molecule has 0 saturated carbocycles. The molecule has 3 aliphatic heterocycles. The summed E-state index contributed by atoms with van der Waals surface area (Å²) in [5.74, 6) is 0.400. The van der Waals surface area contributed by atoms with Gasteiger partial charge >= 0.3 is 10.2 Å². The largest absolute Gasteiger partial charge is 0.483 e. The molecule has 1 atom stereocenters. The number of anilines is 1. The van der Waals surface area contributed by atoms with Gasteiger partial charge < -0.3 is 15.3 Å². The maximum atomic E-state index is 12.8. The van der Waals surface area contributed by atoms with Crippen molar-refractivity contribution in [2.24, 2.45) is 5.92 Å². The fourth-order valence-electron chi connectivity index (χ4n) is 3.77. The first-order chi connectivity index (χ1) is 14.2. The standard InChI is InChI=1S/C17H23N5O3S2.CH2O2/c1-21(2)27(24,25)20-12-3-4-13-15(9-12)26-19-16(13)17(23)18-14-10-22-7-5-11(14)6-8-22;2-1-3/h3-4,9,11,14,20H,5-8,10H2,1-2H3,(H,18,23);1H,(H,2,3)/t14-;/m1./s1. The van der Waals surface area contributed by atoms with Crippen LogP contribution in [0.15, 0.2) is 18.2 Å². The Morgan fingerprint density at radius 3 is 2.57 bits per heavy atom. The van der Waals surface area contributed by atoms with Crippen LogP contribution in [0.25, 0.3) is 10.1 Å². The minimum atomic E-state index is -3.57. The van der Waals surface area contributed by atoms with Gasteiger partial charge in [-0.3, -0.25) is 14.3 Å². The lowest BCUT2D eigenvalue weighted by molar-refractivity contribution is -0.122. The number of amides is 1. The molecule has 0 radical (unpaired) electrons. The highest BCUT2D eigenvalue weighted by molar-refractivity contribution is 7.90. The van der Waals surface area contributed by atoms with E-state index in [-0.39, 0.29) is 18.4 Å². The number of rotatable bonds is 5. The number of carbonyl (C=O) groups is 2. The molecular weight excluding hydrogens is 430 g/mol. The molecule has 5 rings (SSSR count). The minimum Gasteiger partial charge on any atom is -0.483 e. The van der Waals surface area contributed by atoms with Crippen molar-refractivity contribution in [3.8, 4) is 0 Å². The molecule has 4 heterocycles. The van der Waals surface area contributed by atoms with Crippen molar-refractivity contribution in [3.63, 3.8) is 0 Å². The number of benzene rings is 1. The zero-order valence-corrected chi connectivity index (χ0v) is 18.4. The molecule has 0 unspecified atom stereocenters. The van der Waals surface area contributed by atoms with Gasteiger partial charge in [0.15, 0.2) is 0 Å². The van der Waals surface area contributed by atoms with Crippen LogP contribution in [0.2, 0.25) is 0 Å². The van der Waals surface area contributed by atoms with E-state index in [2.05, 4.69) is 19.3 Å². The van der Waals surface area contributed by atoms with Crippen molar-refractivity contribution in [1.82, 2.24) is 18.9 Å². The van der Waals surface area contributed by atoms with Crippen LogP contribution >= 0.6 is 11.5 Å². The highest BCUT2D eigenvalue weighted by atomic mass is 32.2. The van der Waals surface area contributed by atoms with Crippen molar-refractivity contribution in [1.29, 1.82) is 0 Å². The van der Waals surface area contributed by atoms with Gasteiger partial charge in [-0.05, 0) is 61.6 Å². The average molecular weight is 456 g/mol. The molecule has 2 bridgehead atoms. The Hall–Kier alpha value is -2.28. The Morgan fingerprint density at radius 1 is 1.33 bits per heavy atom. The van der Waals surface area contributed by atoms with Gasteiger partial charge in [0, 0.05) is 32.1 Å². The highest BCUT2D eigenvalue weighted by Crippen LogP contribution is 2.29. The van der Waals surface area contributed by atoms with Crippen molar-refractivity contribution in [2.45, 2.75) is 18.9 Å². The van der Waals surface area contributed by atoms with Gasteiger partial charge in [0.1, 0.15) is 5.69 Å². The number of nitrogens with zero attached hydrogens (tertiary/aromatic N) is 3. The molecule has 3 aliphatic rings. The average Bonchev–Trinajstić information content (AvgIpc) is 3.12. The van der Waals surface area contributed by atoms with Crippen molar-refractivity contribution in [3.05, 3.63) is 23.9 Å². The number of nitrogens with one attached hydrogen (secondary N) is 2. The number of piperidine rings is 3. The van der Waals surface area contributed by atoms with Crippen molar-refractivity contribution in [2.75, 3.05) is 38.5 Å². The molecule has 30 heavy (non-hydrogen) atoms. The second-order valence-corrected chi connectivity index (χ2v) is 10.1. The van der Waals surface area contributed by atoms with E-state index in [4.69, 9.17) is 9.90 Å². The highest BCUT2D eigenvalue weighted by Gasteiger charge is 2.35. The summed E-state index contributed by atoms with van der Waals surface area (Å²) < 4.78 is 32.6. The first-order valence-corrected chi connectivity index (χ1v) is 11.7. The molecule has 3 saturated heterocycles. The van der Waals surface area contributed by atoms with E-state index in [9.17, 15) is 13.2 Å². The van der Waals surface area contributed by atoms with Crippen LogP contribution in [-0.2, 0) is 15.0 Å². The molecule has 2 aromatic rings. The molecule has 3 fully saturated rings. The quantitative estimate of drug-likeness (QED) is 0.574. The summed E-state index contributed by atoms with van der Waals surface area (Å²) in [6.07, 6.45) is 2.27. The summed E-state index contributed by atoms with van der Waals surface area (Å²) in [5, 5.41) is 10.8. The molecule has 3 N–H and O–H groups in total. The van der Waals surface area contributed by atoms with Gasteiger partial charge in [-0.15, -0.1) is 0 Å². The lowest BCUT2D eigenvalue weighted by atomic mass is 9.84. The number of hydrogen-bond acceptors (Lipinski definition) is 7. The van der Waals surface area contributed by atoms with Gasteiger partial charge in [-0.1, -0.05) is 0 Å². The predicted molar refractivity (Wildman–Crippen MR) is 115 cm³/mol. The summed E-state index contributed by atoms with van der Waals surface area (Å²) in [6.45, 7) is 2.92. The number of hydrogen-bond donors (Lipinski definition) is 3. The Kier molecular flexibility index (Phi) is 6.91. The molecule has 10 nitrogen and oxygen atoms in total. The third kappa shape index (κ3) is 4.89. The Balaban J connectivity index is 0.000000806. The van der Waals surface area contributed by atoms with E-state index in [1.807, 2.05) is 0 Å². The fourth-order valence-corrected chi connectivity index (χ4v) is 5.19. The zero-order valence-electron chi connectivity index (χ0n) is 16.7.